The zero-order valence-electron chi connectivity index (χ0n) is 12.3. The van der Waals surface area contributed by atoms with Crippen LogP contribution in [0.1, 0.15) is 29.9 Å². The Morgan fingerprint density at radius 3 is 2.55 bits per heavy atom. The van der Waals surface area contributed by atoms with Gasteiger partial charge in [-0.3, -0.25) is 0 Å². The molecule has 0 amide bonds. The van der Waals surface area contributed by atoms with Crippen molar-refractivity contribution in [3.63, 3.8) is 0 Å². The lowest BCUT2D eigenvalue weighted by molar-refractivity contribution is 0.290. The Morgan fingerprint density at radius 1 is 1.14 bits per heavy atom. The first-order valence-corrected chi connectivity index (χ1v) is 7.98. The summed E-state index contributed by atoms with van der Waals surface area (Å²) in [4.78, 5) is 0. The molecule has 116 valence electrons. The van der Waals surface area contributed by atoms with Crippen molar-refractivity contribution < 1.29 is 9.13 Å². The van der Waals surface area contributed by atoms with Gasteiger partial charge in [-0.1, -0.05) is 41.9 Å². The average Bonchev–Trinajstić information content (AvgIpc) is 2.56. The van der Waals surface area contributed by atoms with Gasteiger partial charge in [-0.25, -0.2) is 4.39 Å². The van der Waals surface area contributed by atoms with Crippen molar-refractivity contribution in [3.05, 3.63) is 64.4 Å². The maximum absolute atomic E-state index is 14.3. The molecule has 0 atom stereocenters. The molecule has 2 aromatic carbocycles. The van der Waals surface area contributed by atoms with Gasteiger partial charge in [0.25, 0.3) is 0 Å². The fourth-order valence-corrected chi connectivity index (χ4v) is 3.11. The van der Waals surface area contributed by atoms with Crippen molar-refractivity contribution in [3.8, 4) is 5.75 Å². The lowest BCUT2D eigenvalue weighted by Gasteiger charge is -2.23. The molecule has 1 aliphatic rings. The van der Waals surface area contributed by atoms with Crippen LogP contribution in [0.25, 0.3) is 0 Å². The highest BCUT2D eigenvalue weighted by atomic mass is 35.5. The van der Waals surface area contributed by atoms with Crippen LogP contribution < -0.4 is 10.1 Å². The van der Waals surface area contributed by atoms with E-state index in [1.807, 2.05) is 36.4 Å². The van der Waals surface area contributed by atoms with Crippen LogP contribution >= 0.6 is 11.6 Å². The largest absolute Gasteiger partial charge is 0.484 e. The van der Waals surface area contributed by atoms with Gasteiger partial charge in [-0.2, -0.15) is 0 Å². The highest BCUT2D eigenvalue weighted by molar-refractivity contribution is 6.32. The summed E-state index contributed by atoms with van der Waals surface area (Å²) in [5, 5.41) is 3.66. The number of hydrogen-bond acceptors (Lipinski definition) is 2. The van der Waals surface area contributed by atoms with E-state index in [1.54, 1.807) is 6.07 Å². The highest BCUT2D eigenvalue weighted by Gasteiger charge is 2.19. The number of hydrogen-bond donors (Lipinski definition) is 1. The summed E-state index contributed by atoms with van der Waals surface area (Å²) in [6.45, 7) is 2.25. The molecule has 1 aliphatic heterocycles. The zero-order valence-corrected chi connectivity index (χ0v) is 13.1. The maximum atomic E-state index is 14.3. The third-order valence-corrected chi connectivity index (χ3v) is 4.34. The van der Waals surface area contributed by atoms with E-state index in [1.165, 1.54) is 0 Å². The fourth-order valence-electron chi connectivity index (χ4n) is 2.84. The number of ether oxygens (including phenoxy) is 1. The third kappa shape index (κ3) is 3.60. The topological polar surface area (TPSA) is 21.3 Å². The Bertz CT molecular complexity index is 603. The van der Waals surface area contributed by atoms with Crippen LogP contribution in [0.15, 0.2) is 42.5 Å². The molecule has 0 spiro atoms. The summed E-state index contributed by atoms with van der Waals surface area (Å²) in [5.41, 5.74) is 1.96. The van der Waals surface area contributed by atoms with Crippen LogP contribution in [0, 0.1) is 5.82 Å². The van der Waals surface area contributed by atoms with Gasteiger partial charge in [-0.15, -0.1) is 0 Å². The van der Waals surface area contributed by atoms with Gasteiger partial charge in [0.1, 0.15) is 6.61 Å². The van der Waals surface area contributed by atoms with Crippen LogP contribution in [0.5, 0.6) is 5.75 Å². The van der Waals surface area contributed by atoms with Gasteiger partial charge >= 0.3 is 0 Å². The number of benzene rings is 2. The maximum Gasteiger partial charge on any atom is 0.174 e. The van der Waals surface area contributed by atoms with Crippen molar-refractivity contribution in [2.45, 2.75) is 25.4 Å². The summed E-state index contributed by atoms with van der Waals surface area (Å²) >= 11 is 6.24. The van der Waals surface area contributed by atoms with E-state index in [0.717, 1.165) is 37.1 Å². The van der Waals surface area contributed by atoms with Crippen molar-refractivity contribution in [1.29, 1.82) is 0 Å². The smallest absolute Gasteiger partial charge is 0.174 e. The molecule has 22 heavy (non-hydrogen) atoms. The van der Waals surface area contributed by atoms with E-state index < -0.39 is 0 Å². The molecule has 0 aromatic heterocycles. The predicted octanol–water partition coefficient (Wildman–Crippen LogP) is 4.53. The monoisotopic (exact) mass is 319 g/mol. The first-order valence-electron chi connectivity index (χ1n) is 7.60. The van der Waals surface area contributed by atoms with Gasteiger partial charge in [0.05, 0.1) is 5.02 Å². The van der Waals surface area contributed by atoms with Crippen LogP contribution in [-0.4, -0.2) is 13.1 Å². The van der Waals surface area contributed by atoms with E-state index in [9.17, 15) is 4.39 Å². The van der Waals surface area contributed by atoms with Gasteiger partial charge in [0, 0.05) is 0 Å². The molecule has 2 aromatic rings. The second-order valence-corrected chi connectivity index (χ2v) is 6.02. The predicted molar refractivity (Wildman–Crippen MR) is 87.0 cm³/mol. The molecular formula is C18H19ClFNO. The van der Waals surface area contributed by atoms with Crippen LogP contribution in [0.4, 0.5) is 4.39 Å². The summed E-state index contributed by atoms with van der Waals surface area (Å²) in [5.74, 6) is 0.136. The number of piperidine rings is 1. The summed E-state index contributed by atoms with van der Waals surface area (Å²) < 4.78 is 19.9. The molecule has 0 unspecified atom stereocenters. The van der Waals surface area contributed by atoms with Gasteiger partial charge in [-0.05, 0) is 55.1 Å². The van der Waals surface area contributed by atoms with E-state index >= 15 is 0 Å². The molecule has 1 N–H and O–H groups in total. The minimum atomic E-state index is -0.378. The molecule has 0 saturated carbocycles. The van der Waals surface area contributed by atoms with Crippen LogP contribution in [-0.2, 0) is 6.61 Å². The first kappa shape index (κ1) is 15.3. The van der Waals surface area contributed by atoms with Crippen molar-refractivity contribution in [2.75, 3.05) is 13.1 Å². The number of nitrogens with one attached hydrogen (secondary N) is 1. The highest BCUT2D eigenvalue weighted by Crippen LogP contribution is 2.35. The van der Waals surface area contributed by atoms with Crippen molar-refractivity contribution in [1.82, 2.24) is 5.32 Å². The molecule has 1 saturated heterocycles. The second-order valence-electron chi connectivity index (χ2n) is 5.61. The molecular weight excluding hydrogens is 301 g/mol. The zero-order chi connectivity index (χ0) is 15.4. The van der Waals surface area contributed by atoms with Crippen LogP contribution in [0.2, 0.25) is 5.02 Å². The Hall–Kier alpha value is -1.58. The fraction of sp³-hybridized carbons (Fsp3) is 0.333. The summed E-state index contributed by atoms with van der Waals surface area (Å²) in [6, 6.07) is 13.1. The normalized spacial score (nSPS) is 15.7. The molecule has 2 nitrogen and oxygen atoms in total. The van der Waals surface area contributed by atoms with E-state index in [4.69, 9.17) is 16.3 Å². The average molecular weight is 320 g/mol. The summed E-state index contributed by atoms with van der Waals surface area (Å²) in [7, 11) is 0. The quantitative estimate of drug-likeness (QED) is 0.894. The number of rotatable bonds is 4. The molecule has 0 aliphatic carbocycles. The molecule has 4 heteroatoms. The standard InChI is InChI=1S/C18H19ClFNO/c19-16-10-15(14-6-8-21-9-7-14)11-17(20)18(16)22-12-13-4-2-1-3-5-13/h1-5,10-11,14,21H,6-9,12H2. The Labute approximate surface area is 135 Å². The molecule has 3 rings (SSSR count). The van der Waals surface area contributed by atoms with Crippen molar-refractivity contribution in [2.24, 2.45) is 0 Å². The SMILES string of the molecule is Fc1cc(C2CCNCC2)cc(Cl)c1OCc1ccccc1. The van der Waals surface area contributed by atoms with Crippen molar-refractivity contribution >= 4 is 11.6 Å². The minimum Gasteiger partial charge on any atom is -0.484 e. The van der Waals surface area contributed by atoms with Gasteiger partial charge < -0.3 is 10.1 Å². The van der Waals surface area contributed by atoms with Gasteiger partial charge in [0.2, 0.25) is 0 Å². The Kier molecular flexibility index (Phi) is 4.96. The third-order valence-electron chi connectivity index (χ3n) is 4.06. The lowest BCUT2D eigenvalue weighted by atomic mass is 9.90. The number of halogens is 2. The Morgan fingerprint density at radius 2 is 1.86 bits per heavy atom. The first-order chi connectivity index (χ1) is 10.7. The second kappa shape index (κ2) is 7.12. The summed E-state index contributed by atoms with van der Waals surface area (Å²) in [6.07, 6.45) is 2.03. The van der Waals surface area contributed by atoms with E-state index in [2.05, 4.69) is 5.32 Å². The molecule has 1 fully saturated rings. The Balaban J connectivity index is 1.74. The minimum absolute atomic E-state index is 0.142. The van der Waals surface area contributed by atoms with E-state index in [0.29, 0.717) is 17.5 Å². The molecule has 0 bridgehead atoms. The van der Waals surface area contributed by atoms with E-state index in [-0.39, 0.29) is 11.6 Å². The lowest BCUT2D eigenvalue weighted by Crippen LogP contribution is -2.26. The van der Waals surface area contributed by atoms with Crippen LogP contribution in [0.3, 0.4) is 0 Å². The molecule has 0 radical (unpaired) electrons. The van der Waals surface area contributed by atoms with Gasteiger partial charge in [0.15, 0.2) is 11.6 Å². The molecule has 1 heterocycles.